The summed E-state index contributed by atoms with van der Waals surface area (Å²) in [7, 11) is 0. The molecule has 0 saturated heterocycles. The Morgan fingerprint density at radius 1 is 0.667 bits per heavy atom. The van der Waals surface area contributed by atoms with Crippen molar-refractivity contribution in [2.45, 2.75) is 51.4 Å². The lowest BCUT2D eigenvalue weighted by molar-refractivity contribution is -0.116. The van der Waals surface area contributed by atoms with Gasteiger partial charge in [-0.15, -0.1) is 22.7 Å². The molecule has 0 bridgehead atoms. The van der Waals surface area contributed by atoms with E-state index in [1.165, 1.54) is 22.7 Å². The van der Waals surface area contributed by atoms with Gasteiger partial charge in [0.1, 0.15) is 10.0 Å². The Kier molecular flexibility index (Phi) is 7.11. The van der Waals surface area contributed by atoms with Gasteiger partial charge in [-0.2, -0.15) is 0 Å². The van der Waals surface area contributed by atoms with Crippen molar-refractivity contribution in [2.75, 3.05) is 23.7 Å². The number of nitrogens with one attached hydrogen (secondary N) is 3. The fourth-order valence-electron chi connectivity index (χ4n) is 4.46. The van der Waals surface area contributed by atoms with Crippen molar-refractivity contribution in [3.05, 3.63) is 32.0 Å². The van der Waals surface area contributed by atoms with Gasteiger partial charge in [0.2, 0.25) is 11.8 Å². The van der Waals surface area contributed by atoms with Gasteiger partial charge in [0.05, 0.1) is 24.2 Å². The third-order valence-corrected chi connectivity index (χ3v) is 8.33. The Hall–Kier alpha value is -2.76. The van der Waals surface area contributed by atoms with Gasteiger partial charge in [0.15, 0.2) is 0 Å². The molecule has 2 aliphatic rings. The van der Waals surface area contributed by atoms with E-state index in [2.05, 4.69) is 16.0 Å². The summed E-state index contributed by atoms with van der Waals surface area (Å²) in [6, 6.07) is 0. The number of anilines is 2. The number of rotatable bonds is 8. The SMILES string of the molecule is NC(=O)c1c(NC(=O)CNCC(=O)Nc2sc3c(c2C(N)=O)CCCC3)sc2c1CCCC2. The number of fused-ring (bicyclic) bond motifs is 2. The maximum absolute atomic E-state index is 12.4. The molecular formula is C22H27N5O4S2. The summed E-state index contributed by atoms with van der Waals surface area (Å²) in [5, 5.41) is 9.26. The maximum atomic E-state index is 12.4. The molecule has 0 radical (unpaired) electrons. The average molecular weight is 490 g/mol. The number of nitrogens with two attached hydrogens (primary N) is 2. The van der Waals surface area contributed by atoms with E-state index in [9.17, 15) is 19.2 Å². The minimum Gasteiger partial charge on any atom is -0.365 e. The molecule has 176 valence electrons. The van der Waals surface area contributed by atoms with E-state index >= 15 is 0 Å². The number of primary amides is 2. The highest BCUT2D eigenvalue weighted by Gasteiger charge is 2.26. The van der Waals surface area contributed by atoms with Gasteiger partial charge < -0.3 is 22.1 Å². The Labute approximate surface area is 199 Å². The van der Waals surface area contributed by atoms with Gasteiger partial charge in [0, 0.05) is 9.75 Å². The molecule has 2 aromatic heterocycles. The van der Waals surface area contributed by atoms with Crippen LogP contribution in [0.15, 0.2) is 0 Å². The summed E-state index contributed by atoms with van der Waals surface area (Å²) in [6.45, 7) is -0.227. The Morgan fingerprint density at radius 2 is 1.06 bits per heavy atom. The van der Waals surface area contributed by atoms with Crippen molar-refractivity contribution < 1.29 is 19.2 Å². The zero-order chi connectivity index (χ0) is 23.5. The third-order valence-electron chi connectivity index (χ3n) is 5.91. The zero-order valence-electron chi connectivity index (χ0n) is 18.2. The second-order valence-electron chi connectivity index (χ2n) is 8.26. The topological polar surface area (TPSA) is 156 Å². The van der Waals surface area contributed by atoms with Crippen molar-refractivity contribution in [1.82, 2.24) is 5.32 Å². The van der Waals surface area contributed by atoms with Crippen LogP contribution in [0.5, 0.6) is 0 Å². The highest BCUT2D eigenvalue weighted by molar-refractivity contribution is 7.17. The molecule has 2 aliphatic carbocycles. The number of hydrogen-bond acceptors (Lipinski definition) is 7. The largest absolute Gasteiger partial charge is 0.365 e. The first-order chi connectivity index (χ1) is 15.8. The average Bonchev–Trinajstić information content (AvgIpc) is 3.30. The normalized spacial score (nSPS) is 14.8. The van der Waals surface area contributed by atoms with E-state index in [-0.39, 0.29) is 24.9 Å². The van der Waals surface area contributed by atoms with Crippen molar-refractivity contribution in [3.8, 4) is 0 Å². The second kappa shape index (κ2) is 10.0. The molecule has 2 aromatic rings. The van der Waals surface area contributed by atoms with Crippen LogP contribution in [0.3, 0.4) is 0 Å². The molecule has 11 heteroatoms. The maximum Gasteiger partial charge on any atom is 0.251 e. The lowest BCUT2D eigenvalue weighted by Gasteiger charge is -2.11. The lowest BCUT2D eigenvalue weighted by atomic mass is 9.95. The van der Waals surface area contributed by atoms with E-state index < -0.39 is 11.8 Å². The van der Waals surface area contributed by atoms with Crippen LogP contribution < -0.4 is 27.4 Å². The standard InChI is InChI=1S/C22H27N5O4S2/c23-19(30)17-11-5-1-3-7-13(11)32-21(17)26-15(28)9-25-10-16(29)27-22-18(20(24)31)12-6-2-4-8-14(12)33-22/h25H,1-10H2,(H2,23,30)(H2,24,31)(H,26,28)(H,27,29). The fourth-order valence-corrected chi connectivity index (χ4v) is 7.08. The first-order valence-corrected chi connectivity index (χ1v) is 12.7. The minimum absolute atomic E-state index is 0.113. The van der Waals surface area contributed by atoms with Crippen LogP contribution in [-0.2, 0) is 35.3 Å². The summed E-state index contributed by atoms with van der Waals surface area (Å²) in [4.78, 5) is 50.9. The van der Waals surface area contributed by atoms with Crippen molar-refractivity contribution in [3.63, 3.8) is 0 Å². The molecule has 0 aliphatic heterocycles. The van der Waals surface area contributed by atoms with Crippen LogP contribution >= 0.6 is 22.7 Å². The first-order valence-electron chi connectivity index (χ1n) is 11.0. The summed E-state index contributed by atoms with van der Waals surface area (Å²) < 4.78 is 0. The van der Waals surface area contributed by atoms with Crippen molar-refractivity contribution in [2.24, 2.45) is 11.5 Å². The molecule has 2 heterocycles. The smallest absolute Gasteiger partial charge is 0.251 e. The summed E-state index contributed by atoms with van der Waals surface area (Å²) >= 11 is 2.79. The van der Waals surface area contributed by atoms with Gasteiger partial charge in [0.25, 0.3) is 11.8 Å². The Balaban J connectivity index is 1.32. The molecular weight excluding hydrogens is 462 g/mol. The van der Waals surface area contributed by atoms with Crippen LogP contribution in [0.1, 0.15) is 67.3 Å². The zero-order valence-corrected chi connectivity index (χ0v) is 19.8. The number of hydrogen-bond donors (Lipinski definition) is 5. The summed E-state index contributed by atoms with van der Waals surface area (Å²) in [6.07, 6.45) is 7.45. The van der Waals surface area contributed by atoms with E-state index in [1.807, 2.05) is 0 Å². The van der Waals surface area contributed by atoms with Crippen molar-refractivity contribution >= 4 is 56.3 Å². The molecule has 0 saturated carbocycles. The van der Waals surface area contributed by atoms with E-state index in [0.29, 0.717) is 21.1 Å². The summed E-state index contributed by atoms with van der Waals surface area (Å²) in [5.41, 5.74) is 13.8. The molecule has 0 atom stereocenters. The number of aryl methyl sites for hydroxylation is 2. The molecule has 4 amide bonds. The Morgan fingerprint density at radius 3 is 1.45 bits per heavy atom. The number of carbonyl (C=O) groups excluding carboxylic acids is 4. The highest BCUT2D eigenvalue weighted by atomic mass is 32.1. The summed E-state index contributed by atoms with van der Waals surface area (Å²) in [5.74, 6) is -1.82. The Bertz CT molecular complexity index is 1030. The van der Waals surface area contributed by atoms with Crippen LogP contribution in [-0.4, -0.2) is 36.7 Å². The molecule has 0 aromatic carbocycles. The molecule has 0 spiro atoms. The minimum atomic E-state index is -0.541. The van der Waals surface area contributed by atoms with E-state index in [1.54, 1.807) is 0 Å². The molecule has 4 rings (SSSR count). The lowest BCUT2D eigenvalue weighted by Crippen LogP contribution is -2.34. The molecule has 7 N–H and O–H groups in total. The predicted octanol–water partition coefficient (Wildman–Crippen LogP) is 1.93. The number of amides is 4. The van der Waals surface area contributed by atoms with Crippen molar-refractivity contribution in [1.29, 1.82) is 0 Å². The van der Waals surface area contributed by atoms with Crippen LogP contribution in [0, 0.1) is 0 Å². The third kappa shape index (κ3) is 5.10. The second-order valence-corrected chi connectivity index (χ2v) is 10.5. The molecule has 9 nitrogen and oxygen atoms in total. The van der Waals surface area contributed by atoms with Gasteiger partial charge in [-0.25, -0.2) is 0 Å². The number of thiophene rings is 2. The first kappa shape index (κ1) is 23.4. The molecule has 0 unspecified atom stereocenters. The highest BCUT2D eigenvalue weighted by Crippen LogP contribution is 2.38. The predicted molar refractivity (Wildman–Crippen MR) is 129 cm³/mol. The van der Waals surface area contributed by atoms with Gasteiger partial charge in [-0.3, -0.25) is 24.5 Å². The quantitative estimate of drug-likeness (QED) is 0.383. The van der Waals surface area contributed by atoms with E-state index in [0.717, 1.165) is 72.2 Å². The van der Waals surface area contributed by atoms with Gasteiger partial charge in [-0.05, 0) is 62.5 Å². The monoisotopic (exact) mass is 489 g/mol. The van der Waals surface area contributed by atoms with Gasteiger partial charge >= 0.3 is 0 Å². The van der Waals surface area contributed by atoms with Crippen LogP contribution in [0.2, 0.25) is 0 Å². The fraction of sp³-hybridized carbons (Fsp3) is 0.455. The molecule has 33 heavy (non-hydrogen) atoms. The van der Waals surface area contributed by atoms with Crippen LogP contribution in [0.4, 0.5) is 10.0 Å². The van der Waals surface area contributed by atoms with Crippen LogP contribution in [0.25, 0.3) is 0 Å². The van der Waals surface area contributed by atoms with E-state index in [4.69, 9.17) is 11.5 Å². The molecule has 0 fully saturated rings. The van der Waals surface area contributed by atoms with Gasteiger partial charge in [-0.1, -0.05) is 0 Å². The number of carbonyl (C=O) groups is 4.